The molecule has 3 aromatic rings. The molecule has 140 valence electrons. The van der Waals surface area contributed by atoms with Crippen LogP contribution in [0, 0.1) is 0 Å². The van der Waals surface area contributed by atoms with Gasteiger partial charge < -0.3 is 10.1 Å². The van der Waals surface area contributed by atoms with Gasteiger partial charge in [0.2, 0.25) is 0 Å². The Labute approximate surface area is 146 Å². The number of fused-ring (bicyclic) bond motifs is 3. The van der Waals surface area contributed by atoms with Crippen LogP contribution in [-0.4, -0.2) is 49.0 Å². The monoisotopic (exact) mass is 423 g/mol. The standard InChI is InChI=1S/C12H9NO10S3/c14-9-4-8-6(3-10(9)25(18,19)20)7-1-5(24(15,16)17)2-11(12(7)13-8)26(21,22)23/h1-4,13-14H,(H,15,16,17)(H,18,19,20)(H,21,22,23). The number of rotatable bonds is 3. The van der Waals surface area contributed by atoms with E-state index in [4.69, 9.17) is 4.55 Å². The van der Waals surface area contributed by atoms with Crippen molar-refractivity contribution in [2.24, 2.45) is 0 Å². The molecule has 0 aliphatic heterocycles. The highest BCUT2D eigenvalue weighted by atomic mass is 32.2. The number of aromatic nitrogens is 1. The van der Waals surface area contributed by atoms with Gasteiger partial charge in [-0.3, -0.25) is 13.7 Å². The molecule has 1 heterocycles. The summed E-state index contributed by atoms with van der Waals surface area (Å²) in [5.74, 6) is -0.852. The quantitative estimate of drug-likeness (QED) is 0.375. The fourth-order valence-electron chi connectivity index (χ4n) is 2.52. The zero-order valence-corrected chi connectivity index (χ0v) is 14.7. The number of aromatic amines is 1. The number of aromatic hydroxyl groups is 1. The molecule has 26 heavy (non-hydrogen) atoms. The average molecular weight is 423 g/mol. The lowest BCUT2D eigenvalue weighted by Gasteiger charge is -2.04. The summed E-state index contributed by atoms with van der Waals surface area (Å²) in [4.78, 5) is -0.178. The van der Waals surface area contributed by atoms with E-state index in [9.17, 15) is 39.5 Å². The fraction of sp³-hybridized carbons (Fsp3) is 0. The number of H-pyrrole nitrogens is 1. The molecule has 0 saturated carbocycles. The summed E-state index contributed by atoms with van der Waals surface area (Å²) in [5.41, 5.74) is -0.330. The Morgan fingerprint density at radius 3 is 1.77 bits per heavy atom. The van der Waals surface area contributed by atoms with Gasteiger partial charge in [-0.15, -0.1) is 0 Å². The van der Waals surface area contributed by atoms with Gasteiger partial charge in [-0.1, -0.05) is 0 Å². The molecule has 0 unspecified atom stereocenters. The third-order valence-corrected chi connectivity index (χ3v) is 6.17. The summed E-state index contributed by atoms with van der Waals surface area (Å²) in [5, 5.41) is 9.42. The Balaban J connectivity index is 2.61. The van der Waals surface area contributed by atoms with Gasteiger partial charge in [-0.25, -0.2) is 0 Å². The second-order valence-corrected chi connectivity index (χ2v) is 9.46. The minimum Gasteiger partial charge on any atom is -0.506 e. The smallest absolute Gasteiger partial charge is 0.298 e. The number of hydrogen-bond donors (Lipinski definition) is 5. The zero-order chi connectivity index (χ0) is 19.7. The SMILES string of the molecule is O=S(=O)(O)c1cc(S(=O)(=O)O)c2[nH]c3cc(O)c(S(=O)(=O)O)cc3c2c1. The van der Waals surface area contributed by atoms with Gasteiger partial charge in [0, 0.05) is 16.8 Å². The highest BCUT2D eigenvalue weighted by Gasteiger charge is 2.25. The van der Waals surface area contributed by atoms with E-state index >= 15 is 0 Å². The summed E-state index contributed by atoms with van der Waals surface area (Å²) < 4.78 is 96.2. The normalized spacial score (nSPS) is 13.5. The van der Waals surface area contributed by atoms with Gasteiger partial charge in [0.25, 0.3) is 30.4 Å². The maximum Gasteiger partial charge on any atom is 0.298 e. The van der Waals surface area contributed by atoms with E-state index in [1.54, 1.807) is 0 Å². The lowest BCUT2D eigenvalue weighted by Crippen LogP contribution is -2.04. The number of phenols is 1. The summed E-state index contributed by atoms with van der Waals surface area (Å²) in [6.07, 6.45) is 0. The lowest BCUT2D eigenvalue weighted by atomic mass is 10.1. The molecule has 0 fully saturated rings. The largest absolute Gasteiger partial charge is 0.506 e. The van der Waals surface area contributed by atoms with Crippen LogP contribution in [-0.2, 0) is 30.4 Å². The van der Waals surface area contributed by atoms with E-state index in [0.717, 1.165) is 18.2 Å². The second kappa shape index (κ2) is 5.38. The molecular formula is C12H9NO10S3. The molecule has 1 aromatic heterocycles. The maximum atomic E-state index is 11.6. The zero-order valence-electron chi connectivity index (χ0n) is 12.3. The van der Waals surface area contributed by atoms with Crippen LogP contribution in [0.15, 0.2) is 39.0 Å². The highest BCUT2D eigenvalue weighted by Crippen LogP contribution is 2.36. The first-order valence-electron chi connectivity index (χ1n) is 6.44. The number of phenolic OH excluding ortho intramolecular Hbond substituents is 1. The molecule has 0 spiro atoms. The molecule has 0 radical (unpaired) electrons. The van der Waals surface area contributed by atoms with Crippen molar-refractivity contribution in [1.82, 2.24) is 4.98 Å². The van der Waals surface area contributed by atoms with E-state index in [1.165, 1.54) is 0 Å². The Kier molecular flexibility index (Phi) is 3.84. The van der Waals surface area contributed by atoms with Crippen molar-refractivity contribution in [2.75, 3.05) is 0 Å². The average Bonchev–Trinajstić information content (AvgIpc) is 2.79. The fourth-order valence-corrected chi connectivity index (χ4v) is 4.41. The Hall–Kier alpha value is -2.23. The Morgan fingerprint density at radius 1 is 0.692 bits per heavy atom. The molecule has 0 amide bonds. The number of benzene rings is 2. The van der Waals surface area contributed by atoms with Gasteiger partial charge in [0.05, 0.1) is 15.9 Å². The van der Waals surface area contributed by atoms with Crippen LogP contribution in [0.4, 0.5) is 0 Å². The van der Waals surface area contributed by atoms with Crippen molar-refractivity contribution in [3.8, 4) is 5.75 Å². The maximum absolute atomic E-state index is 11.6. The van der Waals surface area contributed by atoms with E-state index in [0.29, 0.717) is 6.07 Å². The molecule has 0 aliphatic rings. The lowest BCUT2D eigenvalue weighted by molar-refractivity contribution is 0.444. The van der Waals surface area contributed by atoms with Crippen LogP contribution < -0.4 is 0 Å². The molecule has 0 aliphatic carbocycles. The van der Waals surface area contributed by atoms with Crippen LogP contribution in [0.1, 0.15) is 0 Å². The molecular weight excluding hydrogens is 414 g/mol. The van der Waals surface area contributed by atoms with E-state index in [1.807, 2.05) is 0 Å². The molecule has 11 nitrogen and oxygen atoms in total. The highest BCUT2D eigenvalue weighted by molar-refractivity contribution is 7.87. The molecule has 5 N–H and O–H groups in total. The molecule has 3 rings (SSSR count). The van der Waals surface area contributed by atoms with Crippen LogP contribution in [0.25, 0.3) is 21.8 Å². The Morgan fingerprint density at radius 2 is 1.27 bits per heavy atom. The van der Waals surface area contributed by atoms with Crippen molar-refractivity contribution in [2.45, 2.75) is 14.7 Å². The number of hydrogen-bond acceptors (Lipinski definition) is 7. The van der Waals surface area contributed by atoms with Crippen molar-refractivity contribution in [3.63, 3.8) is 0 Å². The first kappa shape index (κ1) is 18.6. The van der Waals surface area contributed by atoms with Gasteiger partial charge in [-0.05, 0) is 18.2 Å². The van der Waals surface area contributed by atoms with Gasteiger partial charge in [0.1, 0.15) is 15.5 Å². The number of nitrogens with one attached hydrogen (secondary N) is 1. The summed E-state index contributed by atoms with van der Waals surface area (Å²) in [6.45, 7) is 0. The van der Waals surface area contributed by atoms with Crippen molar-refractivity contribution < 1.29 is 44.0 Å². The van der Waals surface area contributed by atoms with Crippen LogP contribution in [0.2, 0.25) is 0 Å². The van der Waals surface area contributed by atoms with E-state index < -0.39 is 50.8 Å². The Bertz CT molecular complexity index is 1400. The predicted octanol–water partition coefficient (Wildman–Crippen LogP) is 0.767. The predicted molar refractivity (Wildman–Crippen MR) is 86.9 cm³/mol. The molecule has 2 aromatic carbocycles. The molecule has 0 atom stereocenters. The van der Waals surface area contributed by atoms with Gasteiger partial charge in [-0.2, -0.15) is 25.3 Å². The minimum absolute atomic E-state index is 0.0257. The summed E-state index contributed by atoms with van der Waals surface area (Å²) in [7, 11) is -14.7. The first-order chi connectivity index (χ1) is 11.7. The van der Waals surface area contributed by atoms with Crippen molar-refractivity contribution in [3.05, 3.63) is 24.3 Å². The van der Waals surface area contributed by atoms with Crippen molar-refractivity contribution in [1.29, 1.82) is 0 Å². The summed E-state index contributed by atoms with van der Waals surface area (Å²) >= 11 is 0. The van der Waals surface area contributed by atoms with Gasteiger partial charge >= 0.3 is 0 Å². The van der Waals surface area contributed by atoms with Gasteiger partial charge in [0.15, 0.2) is 0 Å². The third kappa shape index (κ3) is 3.02. The molecule has 14 heteroatoms. The minimum atomic E-state index is -4.95. The first-order valence-corrected chi connectivity index (χ1v) is 10.8. The third-order valence-electron chi connectivity index (χ3n) is 3.58. The second-order valence-electron chi connectivity index (χ2n) is 5.26. The van der Waals surface area contributed by atoms with Crippen LogP contribution >= 0.6 is 0 Å². The topological polar surface area (TPSA) is 199 Å². The van der Waals surface area contributed by atoms with Crippen LogP contribution in [0.3, 0.4) is 0 Å². The van der Waals surface area contributed by atoms with E-state index in [2.05, 4.69) is 4.98 Å². The van der Waals surface area contributed by atoms with Crippen LogP contribution in [0.5, 0.6) is 5.75 Å². The van der Waals surface area contributed by atoms with E-state index in [-0.39, 0.29) is 21.8 Å². The molecule has 0 bridgehead atoms. The van der Waals surface area contributed by atoms with Crippen molar-refractivity contribution >= 4 is 52.2 Å². The molecule has 0 saturated heterocycles. The summed E-state index contributed by atoms with van der Waals surface area (Å²) in [6, 6.07) is 2.98.